The van der Waals surface area contributed by atoms with Gasteiger partial charge in [-0.05, 0) is 24.6 Å². The van der Waals surface area contributed by atoms with Crippen molar-refractivity contribution in [3.63, 3.8) is 0 Å². The molecule has 0 aliphatic rings. The van der Waals surface area contributed by atoms with Crippen LogP contribution >= 0.6 is 0 Å². The molecule has 0 amide bonds. The van der Waals surface area contributed by atoms with Gasteiger partial charge in [0.05, 0.1) is 13.7 Å². The molecule has 96 valence electrons. The zero-order valence-electron chi connectivity index (χ0n) is 10.1. The predicted molar refractivity (Wildman–Crippen MR) is 64.2 cm³/mol. The molecule has 5 heteroatoms. The maximum Gasteiger partial charge on any atom is 0.161 e. The topological polar surface area (TPSA) is 84.9 Å². The van der Waals surface area contributed by atoms with E-state index in [4.69, 9.17) is 20.3 Å². The number of aliphatic hydroxyl groups is 2. The monoisotopic (exact) mass is 241 g/mol. The second kappa shape index (κ2) is 6.44. The maximum absolute atomic E-state index is 9.19. The van der Waals surface area contributed by atoms with Gasteiger partial charge in [0.25, 0.3) is 0 Å². The van der Waals surface area contributed by atoms with Crippen LogP contribution in [0.25, 0.3) is 0 Å². The first-order chi connectivity index (χ1) is 8.08. The minimum absolute atomic E-state index is 0.0182. The van der Waals surface area contributed by atoms with Crippen molar-refractivity contribution in [2.24, 2.45) is 5.73 Å². The molecule has 2 atom stereocenters. The highest BCUT2D eigenvalue weighted by molar-refractivity contribution is 5.43. The lowest BCUT2D eigenvalue weighted by Crippen LogP contribution is -2.21. The Labute approximate surface area is 101 Å². The van der Waals surface area contributed by atoms with Crippen molar-refractivity contribution in [2.45, 2.75) is 19.1 Å². The minimum Gasteiger partial charge on any atom is -0.493 e. The van der Waals surface area contributed by atoms with Gasteiger partial charge in [-0.3, -0.25) is 0 Å². The molecular weight excluding hydrogens is 222 g/mol. The standard InChI is InChI=1S/C12H19NO4/c1-8(13)9-3-4-11(12(5-9)16-2)17-7-10(15)6-14/h3-5,8,10,14-15H,6-7,13H2,1-2H3. The highest BCUT2D eigenvalue weighted by Gasteiger charge is 2.10. The van der Waals surface area contributed by atoms with Crippen LogP contribution in [0.15, 0.2) is 18.2 Å². The fraction of sp³-hybridized carbons (Fsp3) is 0.500. The van der Waals surface area contributed by atoms with Gasteiger partial charge in [-0.15, -0.1) is 0 Å². The number of rotatable bonds is 6. The third-order valence-corrected chi connectivity index (χ3v) is 2.36. The smallest absolute Gasteiger partial charge is 0.161 e. The van der Waals surface area contributed by atoms with E-state index in [1.165, 1.54) is 7.11 Å². The SMILES string of the molecule is COc1cc(C(C)N)ccc1OCC(O)CO. The van der Waals surface area contributed by atoms with Gasteiger partial charge in [-0.2, -0.15) is 0 Å². The van der Waals surface area contributed by atoms with Gasteiger partial charge in [0.1, 0.15) is 12.7 Å². The van der Waals surface area contributed by atoms with Crippen LogP contribution in [0.1, 0.15) is 18.5 Å². The van der Waals surface area contributed by atoms with Gasteiger partial charge in [0.15, 0.2) is 11.5 Å². The molecule has 17 heavy (non-hydrogen) atoms. The molecule has 1 rings (SSSR count). The lowest BCUT2D eigenvalue weighted by molar-refractivity contribution is 0.0527. The average Bonchev–Trinajstić information content (AvgIpc) is 2.35. The maximum atomic E-state index is 9.19. The molecule has 4 N–H and O–H groups in total. The average molecular weight is 241 g/mol. The van der Waals surface area contributed by atoms with Gasteiger partial charge in [-0.25, -0.2) is 0 Å². The Morgan fingerprint density at radius 2 is 2.06 bits per heavy atom. The number of hydrogen-bond acceptors (Lipinski definition) is 5. The van der Waals surface area contributed by atoms with Crippen molar-refractivity contribution in [3.05, 3.63) is 23.8 Å². The Morgan fingerprint density at radius 1 is 1.35 bits per heavy atom. The molecule has 1 aromatic rings. The molecule has 0 spiro atoms. The summed E-state index contributed by atoms with van der Waals surface area (Å²) < 4.78 is 10.5. The third kappa shape index (κ3) is 3.89. The predicted octanol–water partition coefficient (Wildman–Crippen LogP) is 0.447. The molecule has 0 bridgehead atoms. The van der Waals surface area contributed by atoms with Gasteiger partial charge in [0.2, 0.25) is 0 Å². The summed E-state index contributed by atoms with van der Waals surface area (Å²) >= 11 is 0. The van der Waals surface area contributed by atoms with Crippen LogP contribution in [0.2, 0.25) is 0 Å². The van der Waals surface area contributed by atoms with E-state index >= 15 is 0 Å². The van der Waals surface area contributed by atoms with E-state index in [-0.39, 0.29) is 19.3 Å². The molecule has 0 radical (unpaired) electrons. The molecular formula is C12H19NO4. The Kier molecular flexibility index (Phi) is 5.21. The van der Waals surface area contributed by atoms with Gasteiger partial charge in [-0.1, -0.05) is 6.07 Å². The number of benzene rings is 1. The zero-order chi connectivity index (χ0) is 12.8. The molecule has 0 fully saturated rings. The molecule has 2 unspecified atom stereocenters. The highest BCUT2D eigenvalue weighted by Crippen LogP contribution is 2.29. The van der Waals surface area contributed by atoms with Crippen LogP contribution in [0.4, 0.5) is 0 Å². The summed E-state index contributed by atoms with van der Waals surface area (Å²) in [6, 6.07) is 5.29. The fourth-order valence-electron chi connectivity index (χ4n) is 1.33. The van der Waals surface area contributed by atoms with E-state index < -0.39 is 6.10 Å². The van der Waals surface area contributed by atoms with Crippen LogP contribution in [-0.4, -0.2) is 36.6 Å². The van der Waals surface area contributed by atoms with Crippen LogP contribution in [0.3, 0.4) is 0 Å². The van der Waals surface area contributed by atoms with E-state index in [2.05, 4.69) is 0 Å². The van der Waals surface area contributed by atoms with Gasteiger partial charge >= 0.3 is 0 Å². The van der Waals surface area contributed by atoms with E-state index in [1.54, 1.807) is 12.1 Å². The number of ether oxygens (including phenoxy) is 2. The first-order valence-corrected chi connectivity index (χ1v) is 5.43. The first kappa shape index (κ1) is 13.8. The Hall–Kier alpha value is -1.30. The Bertz CT molecular complexity index is 354. The van der Waals surface area contributed by atoms with Crippen LogP contribution in [0.5, 0.6) is 11.5 Å². The quantitative estimate of drug-likeness (QED) is 0.673. The molecule has 5 nitrogen and oxygen atoms in total. The third-order valence-electron chi connectivity index (χ3n) is 2.36. The largest absolute Gasteiger partial charge is 0.493 e. The van der Waals surface area contributed by atoms with E-state index in [9.17, 15) is 5.11 Å². The highest BCUT2D eigenvalue weighted by atomic mass is 16.5. The van der Waals surface area contributed by atoms with E-state index in [0.717, 1.165) is 5.56 Å². The van der Waals surface area contributed by atoms with Crippen LogP contribution < -0.4 is 15.2 Å². The normalized spacial score (nSPS) is 14.2. The zero-order valence-corrected chi connectivity index (χ0v) is 10.1. The Morgan fingerprint density at radius 3 is 2.59 bits per heavy atom. The minimum atomic E-state index is -0.896. The van der Waals surface area contributed by atoms with Crippen molar-refractivity contribution >= 4 is 0 Å². The number of methoxy groups -OCH3 is 1. The molecule has 0 saturated carbocycles. The number of nitrogens with two attached hydrogens (primary N) is 1. The lowest BCUT2D eigenvalue weighted by atomic mass is 10.1. The summed E-state index contributed by atoms with van der Waals surface area (Å²) in [6.45, 7) is 1.56. The van der Waals surface area contributed by atoms with Gasteiger partial charge in [0, 0.05) is 6.04 Å². The van der Waals surface area contributed by atoms with Crippen LogP contribution in [0, 0.1) is 0 Å². The first-order valence-electron chi connectivity index (χ1n) is 5.43. The summed E-state index contributed by atoms with van der Waals surface area (Å²) in [7, 11) is 1.54. The fourth-order valence-corrected chi connectivity index (χ4v) is 1.33. The van der Waals surface area contributed by atoms with E-state index in [1.807, 2.05) is 13.0 Å². The van der Waals surface area contributed by atoms with Crippen molar-refractivity contribution in [2.75, 3.05) is 20.3 Å². The number of hydrogen-bond donors (Lipinski definition) is 3. The molecule has 0 heterocycles. The van der Waals surface area contributed by atoms with Gasteiger partial charge < -0.3 is 25.4 Å². The molecule has 0 aliphatic carbocycles. The molecule has 0 saturated heterocycles. The second-order valence-electron chi connectivity index (χ2n) is 3.85. The summed E-state index contributed by atoms with van der Waals surface area (Å²) in [5.74, 6) is 1.08. The van der Waals surface area contributed by atoms with Crippen molar-refractivity contribution in [1.29, 1.82) is 0 Å². The van der Waals surface area contributed by atoms with Crippen molar-refractivity contribution in [1.82, 2.24) is 0 Å². The summed E-state index contributed by atoms with van der Waals surface area (Å²) in [6.07, 6.45) is -0.896. The molecule has 1 aromatic carbocycles. The number of aliphatic hydroxyl groups excluding tert-OH is 2. The van der Waals surface area contributed by atoms with Crippen LogP contribution in [-0.2, 0) is 0 Å². The summed E-state index contributed by atoms with van der Waals surface area (Å²) in [4.78, 5) is 0. The molecule has 0 aliphatic heterocycles. The van der Waals surface area contributed by atoms with Crippen molar-refractivity contribution < 1.29 is 19.7 Å². The second-order valence-corrected chi connectivity index (χ2v) is 3.85. The summed E-state index contributed by atoms with van der Waals surface area (Å²) in [5, 5.41) is 17.9. The molecule has 0 aromatic heterocycles. The summed E-state index contributed by atoms with van der Waals surface area (Å²) in [5.41, 5.74) is 6.70. The van der Waals surface area contributed by atoms with Crippen molar-refractivity contribution in [3.8, 4) is 11.5 Å². The van der Waals surface area contributed by atoms with E-state index in [0.29, 0.717) is 11.5 Å². The lowest BCUT2D eigenvalue weighted by Gasteiger charge is -2.15. The Balaban J connectivity index is 2.78.